The number of aliphatic hydroxyl groups excluding tert-OH is 1. The second-order valence-corrected chi connectivity index (χ2v) is 6.79. The molecule has 5 heteroatoms. The van der Waals surface area contributed by atoms with Gasteiger partial charge in [0.25, 0.3) is 0 Å². The molecule has 0 amide bonds. The van der Waals surface area contributed by atoms with Crippen LogP contribution in [0.2, 0.25) is 0 Å². The molecule has 1 fully saturated rings. The van der Waals surface area contributed by atoms with Gasteiger partial charge in [0, 0.05) is 6.54 Å². The van der Waals surface area contributed by atoms with E-state index < -0.39 is 10.0 Å². The largest absolute Gasteiger partial charge is 0.395 e. The van der Waals surface area contributed by atoms with Gasteiger partial charge < -0.3 is 5.11 Å². The number of hydrogen-bond acceptors (Lipinski definition) is 3. The van der Waals surface area contributed by atoms with Gasteiger partial charge in [0.1, 0.15) is 0 Å². The summed E-state index contributed by atoms with van der Waals surface area (Å²) in [4.78, 5) is 0. The minimum absolute atomic E-state index is 0.0110. The summed E-state index contributed by atoms with van der Waals surface area (Å²) >= 11 is 0. The van der Waals surface area contributed by atoms with Gasteiger partial charge in [0.05, 0.1) is 18.4 Å². The molecular formula is C13H19NO3S. The molecule has 100 valence electrons. The molecule has 0 saturated carbocycles. The van der Waals surface area contributed by atoms with Crippen LogP contribution < -0.4 is 0 Å². The first-order chi connectivity index (χ1) is 8.54. The summed E-state index contributed by atoms with van der Waals surface area (Å²) in [6, 6.07) is 8.89. The highest BCUT2D eigenvalue weighted by Crippen LogP contribution is 2.27. The van der Waals surface area contributed by atoms with Gasteiger partial charge in [-0.1, -0.05) is 37.3 Å². The summed E-state index contributed by atoms with van der Waals surface area (Å²) in [5, 5.41) is 9.33. The third kappa shape index (κ3) is 2.74. The van der Waals surface area contributed by atoms with Crippen molar-refractivity contribution in [1.29, 1.82) is 0 Å². The van der Waals surface area contributed by atoms with E-state index in [0.29, 0.717) is 6.54 Å². The van der Waals surface area contributed by atoms with E-state index in [2.05, 4.69) is 0 Å². The Hall–Kier alpha value is -0.910. The van der Waals surface area contributed by atoms with Gasteiger partial charge in [-0.15, -0.1) is 0 Å². The number of nitrogens with zero attached hydrogens (tertiary/aromatic N) is 1. The van der Waals surface area contributed by atoms with Crippen LogP contribution in [0.5, 0.6) is 0 Å². The van der Waals surface area contributed by atoms with Crippen molar-refractivity contribution in [2.45, 2.75) is 25.1 Å². The summed E-state index contributed by atoms with van der Waals surface area (Å²) in [5.74, 6) is 0.234. The summed E-state index contributed by atoms with van der Waals surface area (Å²) in [7, 11) is -3.33. The fourth-order valence-electron chi connectivity index (χ4n) is 2.46. The van der Waals surface area contributed by atoms with E-state index in [1.807, 2.05) is 37.3 Å². The molecule has 0 spiro atoms. The molecule has 2 rings (SSSR count). The third-order valence-corrected chi connectivity index (χ3v) is 5.43. The molecule has 2 unspecified atom stereocenters. The van der Waals surface area contributed by atoms with E-state index in [1.54, 1.807) is 0 Å². The van der Waals surface area contributed by atoms with Gasteiger partial charge in [-0.25, -0.2) is 8.42 Å². The number of rotatable bonds is 4. The zero-order valence-corrected chi connectivity index (χ0v) is 11.3. The second-order valence-electron chi connectivity index (χ2n) is 4.87. The van der Waals surface area contributed by atoms with Crippen LogP contribution in [-0.4, -0.2) is 37.0 Å². The van der Waals surface area contributed by atoms with Gasteiger partial charge in [-0.2, -0.15) is 4.31 Å². The Balaban J connectivity index is 2.17. The lowest BCUT2D eigenvalue weighted by Gasteiger charge is -2.24. The molecular weight excluding hydrogens is 250 g/mol. The van der Waals surface area contributed by atoms with E-state index in [0.717, 1.165) is 12.0 Å². The molecule has 1 saturated heterocycles. The first-order valence-corrected chi connectivity index (χ1v) is 7.80. The maximum Gasteiger partial charge on any atom is 0.218 e. The molecule has 1 aliphatic rings. The maximum atomic E-state index is 12.3. The predicted molar refractivity (Wildman–Crippen MR) is 70.4 cm³/mol. The molecule has 0 radical (unpaired) electrons. The Morgan fingerprint density at radius 2 is 2.00 bits per heavy atom. The smallest absolute Gasteiger partial charge is 0.218 e. The standard InChI is InChI=1S/C13H19NO3S/c1-11-7-8-14(13(11)9-15)18(16,17)10-12-5-3-2-4-6-12/h2-6,11,13,15H,7-10H2,1H3. The lowest BCUT2D eigenvalue weighted by atomic mass is 10.0. The van der Waals surface area contributed by atoms with E-state index in [9.17, 15) is 13.5 Å². The summed E-state index contributed by atoms with van der Waals surface area (Å²) in [6.07, 6.45) is 0.819. The van der Waals surface area contributed by atoms with Crippen molar-refractivity contribution >= 4 is 10.0 Å². The minimum Gasteiger partial charge on any atom is -0.395 e. The first-order valence-electron chi connectivity index (χ1n) is 6.19. The molecule has 0 aliphatic carbocycles. The zero-order valence-electron chi connectivity index (χ0n) is 10.5. The highest BCUT2D eigenvalue weighted by atomic mass is 32.2. The van der Waals surface area contributed by atoms with Gasteiger partial charge in [0.2, 0.25) is 10.0 Å². The van der Waals surface area contributed by atoms with Crippen molar-refractivity contribution in [2.24, 2.45) is 5.92 Å². The topological polar surface area (TPSA) is 57.6 Å². The van der Waals surface area contributed by atoms with Crippen LogP contribution in [-0.2, 0) is 15.8 Å². The van der Waals surface area contributed by atoms with Crippen LogP contribution in [0.3, 0.4) is 0 Å². The van der Waals surface area contributed by atoms with Crippen LogP contribution in [0.1, 0.15) is 18.9 Å². The van der Waals surface area contributed by atoms with Crippen LogP contribution in [0, 0.1) is 5.92 Å². The summed E-state index contributed by atoms with van der Waals surface area (Å²) < 4.78 is 26.1. The van der Waals surface area contributed by atoms with Crippen LogP contribution >= 0.6 is 0 Å². The Labute approximate surface area is 108 Å². The fourth-order valence-corrected chi connectivity index (χ4v) is 4.31. The lowest BCUT2D eigenvalue weighted by Crippen LogP contribution is -2.40. The highest BCUT2D eigenvalue weighted by Gasteiger charge is 2.38. The zero-order chi connectivity index (χ0) is 13.2. The third-order valence-electron chi connectivity index (χ3n) is 3.57. The maximum absolute atomic E-state index is 12.3. The van der Waals surface area contributed by atoms with Crippen LogP contribution in [0.4, 0.5) is 0 Å². The molecule has 1 N–H and O–H groups in total. The normalized spacial score (nSPS) is 25.4. The number of sulfonamides is 1. The van der Waals surface area contributed by atoms with E-state index >= 15 is 0 Å². The highest BCUT2D eigenvalue weighted by molar-refractivity contribution is 7.88. The molecule has 2 atom stereocenters. The predicted octanol–water partition coefficient (Wildman–Crippen LogP) is 1.22. The van der Waals surface area contributed by atoms with Crippen molar-refractivity contribution < 1.29 is 13.5 Å². The average molecular weight is 269 g/mol. The number of benzene rings is 1. The molecule has 1 aliphatic heterocycles. The van der Waals surface area contributed by atoms with E-state index in [-0.39, 0.29) is 24.3 Å². The molecule has 1 aromatic rings. The number of hydrogen-bond donors (Lipinski definition) is 1. The number of aliphatic hydroxyl groups is 1. The van der Waals surface area contributed by atoms with Gasteiger partial charge in [-0.3, -0.25) is 0 Å². The Morgan fingerprint density at radius 1 is 1.33 bits per heavy atom. The van der Waals surface area contributed by atoms with Crippen molar-refractivity contribution in [1.82, 2.24) is 4.31 Å². The van der Waals surface area contributed by atoms with Crippen molar-refractivity contribution in [3.05, 3.63) is 35.9 Å². The molecule has 0 bridgehead atoms. The Kier molecular flexibility index (Phi) is 4.04. The monoisotopic (exact) mass is 269 g/mol. The van der Waals surface area contributed by atoms with Crippen molar-refractivity contribution in [3.63, 3.8) is 0 Å². The molecule has 1 aromatic carbocycles. The lowest BCUT2D eigenvalue weighted by molar-refractivity contribution is 0.191. The summed E-state index contributed by atoms with van der Waals surface area (Å²) in [5.41, 5.74) is 0.786. The van der Waals surface area contributed by atoms with Crippen LogP contribution in [0.15, 0.2) is 30.3 Å². The molecule has 18 heavy (non-hydrogen) atoms. The Bertz CT molecular complexity index is 486. The Morgan fingerprint density at radius 3 is 2.61 bits per heavy atom. The quantitative estimate of drug-likeness (QED) is 0.894. The first kappa shape index (κ1) is 13.5. The van der Waals surface area contributed by atoms with E-state index in [4.69, 9.17) is 0 Å². The molecule has 4 nitrogen and oxygen atoms in total. The second kappa shape index (κ2) is 5.38. The van der Waals surface area contributed by atoms with Crippen molar-refractivity contribution in [3.8, 4) is 0 Å². The minimum atomic E-state index is -3.33. The van der Waals surface area contributed by atoms with Gasteiger partial charge in [0.15, 0.2) is 0 Å². The van der Waals surface area contributed by atoms with Crippen molar-refractivity contribution in [2.75, 3.05) is 13.2 Å². The van der Waals surface area contributed by atoms with Gasteiger partial charge >= 0.3 is 0 Å². The SMILES string of the molecule is CC1CCN(S(=O)(=O)Cc2ccccc2)C1CO. The fraction of sp³-hybridized carbons (Fsp3) is 0.538. The van der Waals surface area contributed by atoms with Crippen LogP contribution in [0.25, 0.3) is 0 Å². The average Bonchev–Trinajstić information content (AvgIpc) is 2.72. The molecule has 0 aromatic heterocycles. The molecule has 1 heterocycles. The summed E-state index contributed by atoms with van der Waals surface area (Å²) in [6.45, 7) is 2.40. The van der Waals surface area contributed by atoms with Gasteiger partial charge in [-0.05, 0) is 17.9 Å². The van der Waals surface area contributed by atoms with E-state index in [1.165, 1.54) is 4.31 Å².